The first-order valence-corrected chi connectivity index (χ1v) is 9.50. The zero-order chi connectivity index (χ0) is 21.5. The van der Waals surface area contributed by atoms with E-state index in [1.165, 1.54) is 6.20 Å². The standard InChI is InChI=1S/C21H17F2N7O/c1-29-10-13(6-27-29)16-4-3-14-15(7-25-20(14)28-16)12-2-5-19-24-8-17(30(19)11-12)21(31)26-9-18(22)23/h2-8,10-11,18H,9H2,1H3,(H,25,28)(H,26,31). The Morgan fingerprint density at radius 1 is 1.16 bits per heavy atom. The summed E-state index contributed by atoms with van der Waals surface area (Å²) < 4.78 is 28.2. The molecule has 5 aromatic heterocycles. The number of amides is 1. The van der Waals surface area contributed by atoms with Crippen LogP contribution in [0.5, 0.6) is 0 Å². The number of carbonyl (C=O) groups is 1. The molecular formula is C21H17F2N7O. The molecule has 0 aliphatic rings. The van der Waals surface area contributed by atoms with Gasteiger partial charge in [-0.15, -0.1) is 0 Å². The van der Waals surface area contributed by atoms with Crippen LogP contribution in [0.25, 0.3) is 39.1 Å². The van der Waals surface area contributed by atoms with Crippen LogP contribution in [-0.4, -0.2) is 48.0 Å². The number of alkyl halides is 2. The highest BCUT2D eigenvalue weighted by molar-refractivity contribution is 5.96. The van der Waals surface area contributed by atoms with Crippen LogP contribution in [0.4, 0.5) is 8.78 Å². The number of rotatable bonds is 5. The summed E-state index contributed by atoms with van der Waals surface area (Å²) in [4.78, 5) is 24.3. The average molecular weight is 421 g/mol. The summed E-state index contributed by atoms with van der Waals surface area (Å²) in [7, 11) is 1.85. The lowest BCUT2D eigenvalue weighted by Crippen LogP contribution is -2.29. The second kappa shape index (κ2) is 7.31. The third-order valence-electron chi connectivity index (χ3n) is 5.01. The largest absolute Gasteiger partial charge is 0.345 e. The van der Waals surface area contributed by atoms with Gasteiger partial charge in [-0.1, -0.05) is 0 Å². The normalized spacial score (nSPS) is 11.6. The van der Waals surface area contributed by atoms with Crippen LogP contribution in [0.1, 0.15) is 10.5 Å². The summed E-state index contributed by atoms with van der Waals surface area (Å²) in [5.41, 5.74) is 4.90. The highest BCUT2D eigenvalue weighted by atomic mass is 19.3. The van der Waals surface area contributed by atoms with Crippen molar-refractivity contribution >= 4 is 22.6 Å². The summed E-state index contributed by atoms with van der Waals surface area (Å²) in [5, 5.41) is 7.30. The molecule has 1 amide bonds. The third-order valence-corrected chi connectivity index (χ3v) is 5.01. The van der Waals surface area contributed by atoms with Gasteiger partial charge in [-0.05, 0) is 24.3 Å². The van der Waals surface area contributed by atoms with Gasteiger partial charge < -0.3 is 10.3 Å². The molecule has 31 heavy (non-hydrogen) atoms. The molecule has 10 heteroatoms. The summed E-state index contributed by atoms with van der Waals surface area (Å²) in [6, 6.07) is 7.57. The van der Waals surface area contributed by atoms with Gasteiger partial charge in [0.25, 0.3) is 12.3 Å². The van der Waals surface area contributed by atoms with Gasteiger partial charge in [-0.2, -0.15) is 5.10 Å². The third kappa shape index (κ3) is 3.41. The van der Waals surface area contributed by atoms with Crippen molar-refractivity contribution < 1.29 is 13.6 Å². The van der Waals surface area contributed by atoms with E-state index in [0.717, 1.165) is 33.4 Å². The lowest BCUT2D eigenvalue weighted by atomic mass is 10.1. The molecule has 5 rings (SSSR count). The number of imidazole rings is 1. The molecule has 0 aliphatic heterocycles. The molecule has 0 spiro atoms. The molecule has 0 atom stereocenters. The van der Waals surface area contributed by atoms with E-state index in [1.54, 1.807) is 27.5 Å². The lowest BCUT2D eigenvalue weighted by molar-refractivity contribution is 0.0886. The van der Waals surface area contributed by atoms with Gasteiger partial charge >= 0.3 is 0 Å². The topological polar surface area (TPSA) is 92.9 Å². The zero-order valence-corrected chi connectivity index (χ0v) is 16.4. The first-order chi connectivity index (χ1) is 15.0. The quantitative estimate of drug-likeness (QED) is 0.456. The molecule has 5 aromatic rings. The second-order valence-corrected chi connectivity index (χ2v) is 7.09. The molecule has 156 valence electrons. The van der Waals surface area contributed by atoms with Crippen LogP contribution in [0, 0.1) is 0 Å². The number of nitrogens with one attached hydrogen (secondary N) is 2. The van der Waals surface area contributed by atoms with Gasteiger partial charge in [0, 0.05) is 47.7 Å². The summed E-state index contributed by atoms with van der Waals surface area (Å²) >= 11 is 0. The number of nitrogens with zero attached hydrogens (tertiary/aromatic N) is 5. The molecule has 0 saturated heterocycles. The minimum Gasteiger partial charge on any atom is -0.345 e. The molecular weight excluding hydrogens is 404 g/mol. The van der Waals surface area contributed by atoms with E-state index in [-0.39, 0.29) is 5.69 Å². The number of carbonyl (C=O) groups excluding carboxylic acids is 1. The summed E-state index contributed by atoms with van der Waals surface area (Å²) in [6.45, 7) is -0.709. The van der Waals surface area contributed by atoms with Crippen LogP contribution in [0.2, 0.25) is 0 Å². The molecule has 0 unspecified atom stereocenters. The molecule has 5 heterocycles. The first kappa shape index (κ1) is 18.9. The van der Waals surface area contributed by atoms with E-state index in [2.05, 4.69) is 25.4 Å². The Balaban J connectivity index is 1.53. The van der Waals surface area contributed by atoms with E-state index >= 15 is 0 Å². The fourth-order valence-corrected chi connectivity index (χ4v) is 3.53. The minimum absolute atomic E-state index is 0.189. The number of halogens is 2. The Kier molecular flexibility index (Phi) is 4.46. The van der Waals surface area contributed by atoms with Crippen LogP contribution in [0.3, 0.4) is 0 Å². The second-order valence-electron chi connectivity index (χ2n) is 7.09. The Labute approximate surface area is 174 Å². The van der Waals surface area contributed by atoms with Crippen molar-refractivity contribution in [3.8, 4) is 22.4 Å². The number of pyridine rings is 2. The van der Waals surface area contributed by atoms with Gasteiger partial charge in [-0.25, -0.2) is 18.7 Å². The fraction of sp³-hybridized carbons (Fsp3) is 0.143. The molecule has 0 bridgehead atoms. The van der Waals surface area contributed by atoms with E-state index < -0.39 is 18.9 Å². The fourth-order valence-electron chi connectivity index (χ4n) is 3.53. The molecule has 0 saturated carbocycles. The van der Waals surface area contributed by atoms with Gasteiger partial charge in [0.15, 0.2) is 0 Å². The number of fused-ring (bicyclic) bond motifs is 2. The average Bonchev–Trinajstić information content (AvgIpc) is 3.48. The van der Waals surface area contributed by atoms with Crippen LogP contribution >= 0.6 is 0 Å². The number of H-pyrrole nitrogens is 1. The van der Waals surface area contributed by atoms with Crippen molar-refractivity contribution in [3.63, 3.8) is 0 Å². The van der Waals surface area contributed by atoms with Crippen molar-refractivity contribution in [3.05, 3.63) is 60.9 Å². The number of hydrogen-bond donors (Lipinski definition) is 2. The van der Waals surface area contributed by atoms with Crippen LogP contribution in [-0.2, 0) is 7.05 Å². The van der Waals surface area contributed by atoms with E-state index in [9.17, 15) is 13.6 Å². The maximum absolute atomic E-state index is 12.4. The number of aromatic amines is 1. The van der Waals surface area contributed by atoms with Gasteiger partial charge in [0.2, 0.25) is 0 Å². The Morgan fingerprint density at radius 3 is 2.81 bits per heavy atom. The maximum Gasteiger partial charge on any atom is 0.270 e. The number of aromatic nitrogens is 6. The smallest absolute Gasteiger partial charge is 0.270 e. The van der Waals surface area contributed by atoms with Crippen LogP contribution in [0.15, 0.2) is 55.2 Å². The van der Waals surface area contributed by atoms with Crippen LogP contribution < -0.4 is 5.32 Å². The Hall–Kier alpha value is -4.08. The van der Waals surface area contributed by atoms with Gasteiger partial charge in [0.05, 0.1) is 24.6 Å². The van der Waals surface area contributed by atoms with Crippen molar-refractivity contribution in [1.82, 2.24) is 34.4 Å². The number of hydrogen-bond acceptors (Lipinski definition) is 4. The molecule has 0 fully saturated rings. The molecule has 0 radical (unpaired) electrons. The molecule has 0 aromatic carbocycles. The van der Waals surface area contributed by atoms with Crippen molar-refractivity contribution in [2.75, 3.05) is 6.54 Å². The molecule has 8 nitrogen and oxygen atoms in total. The molecule has 2 N–H and O–H groups in total. The number of aryl methyl sites for hydroxylation is 1. The summed E-state index contributed by atoms with van der Waals surface area (Å²) in [5.74, 6) is -0.605. The first-order valence-electron chi connectivity index (χ1n) is 9.50. The zero-order valence-electron chi connectivity index (χ0n) is 16.4. The van der Waals surface area contributed by atoms with E-state index in [1.807, 2.05) is 37.6 Å². The predicted octanol–water partition coefficient (Wildman–Crippen LogP) is 3.27. The monoisotopic (exact) mass is 421 g/mol. The SMILES string of the molecule is Cn1cc(-c2ccc3c(-c4ccc5ncc(C(=O)NCC(F)F)n5c4)c[nH]c3n2)cn1. The van der Waals surface area contributed by atoms with Crippen molar-refractivity contribution in [1.29, 1.82) is 0 Å². The highest BCUT2D eigenvalue weighted by Crippen LogP contribution is 2.30. The van der Waals surface area contributed by atoms with E-state index in [4.69, 9.17) is 0 Å². The van der Waals surface area contributed by atoms with E-state index in [0.29, 0.717) is 5.65 Å². The van der Waals surface area contributed by atoms with Crippen molar-refractivity contribution in [2.24, 2.45) is 7.05 Å². The highest BCUT2D eigenvalue weighted by Gasteiger charge is 2.16. The summed E-state index contributed by atoms with van der Waals surface area (Å²) in [6.07, 6.45) is 6.01. The Morgan fingerprint density at radius 2 is 2.03 bits per heavy atom. The maximum atomic E-state index is 12.4. The lowest BCUT2D eigenvalue weighted by Gasteiger charge is -2.06. The van der Waals surface area contributed by atoms with Gasteiger partial charge in [-0.3, -0.25) is 13.9 Å². The van der Waals surface area contributed by atoms with Gasteiger partial charge in [0.1, 0.15) is 17.0 Å². The minimum atomic E-state index is -2.62. The Bertz CT molecular complexity index is 1420. The predicted molar refractivity (Wildman–Crippen MR) is 111 cm³/mol. The molecule has 0 aliphatic carbocycles. The van der Waals surface area contributed by atoms with Crippen molar-refractivity contribution in [2.45, 2.75) is 6.43 Å².